The fourth-order valence-electron chi connectivity index (χ4n) is 2.44. The highest BCUT2D eigenvalue weighted by Crippen LogP contribution is 2.16. The molecule has 0 bridgehead atoms. The molecule has 126 valence electrons. The molecule has 2 rings (SSSR count). The summed E-state index contributed by atoms with van der Waals surface area (Å²) in [7, 11) is 1.55. The van der Waals surface area contributed by atoms with Gasteiger partial charge in [0.2, 0.25) is 0 Å². The van der Waals surface area contributed by atoms with Crippen molar-refractivity contribution in [3.63, 3.8) is 0 Å². The van der Waals surface area contributed by atoms with Crippen molar-refractivity contribution in [1.29, 1.82) is 0 Å². The second kappa shape index (κ2) is 8.26. The van der Waals surface area contributed by atoms with Crippen LogP contribution in [0.15, 0.2) is 54.6 Å². The Kier molecular flexibility index (Phi) is 6.09. The molecular formula is C19H21NO4. The molecule has 2 aromatic carbocycles. The number of carbonyl (C=O) groups is 2. The molecule has 5 nitrogen and oxygen atoms in total. The fourth-order valence-corrected chi connectivity index (χ4v) is 2.44. The van der Waals surface area contributed by atoms with Crippen LogP contribution in [0.1, 0.15) is 35.3 Å². The van der Waals surface area contributed by atoms with Crippen LogP contribution in [-0.4, -0.2) is 30.0 Å². The molecule has 0 aromatic heterocycles. The molecule has 0 aliphatic heterocycles. The summed E-state index contributed by atoms with van der Waals surface area (Å²) in [5, 5.41) is 12.4. The molecular weight excluding hydrogens is 306 g/mol. The van der Waals surface area contributed by atoms with Crippen molar-refractivity contribution >= 4 is 11.8 Å². The van der Waals surface area contributed by atoms with E-state index in [1.165, 1.54) is 0 Å². The Labute approximate surface area is 141 Å². The Morgan fingerprint density at radius 2 is 1.71 bits per heavy atom. The molecule has 2 atom stereocenters. The van der Waals surface area contributed by atoms with Crippen molar-refractivity contribution in [1.82, 2.24) is 5.32 Å². The highest BCUT2D eigenvalue weighted by atomic mass is 16.5. The Morgan fingerprint density at radius 1 is 1.08 bits per heavy atom. The number of hydrogen-bond acceptors (Lipinski definition) is 4. The van der Waals surface area contributed by atoms with Gasteiger partial charge in [-0.1, -0.05) is 30.3 Å². The largest absolute Gasteiger partial charge is 0.497 e. The van der Waals surface area contributed by atoms with Gasteiger partial charge in [-0.05, 0) is 36.8 Å². The van der Waals surface area contributed by atoms with Crippen LogP contribution in [0.4, 0.5) is 0 Å². The van der Waals surface area contributed by atoms with E-state index in [2.05, 4.69) is 5.32 Å². The van der Waals surface area contributed by atoms with Crippen molar-refractivity contribution in [3.05, 3.63) is 65.7 Å². The number of carboxylic acids is 1. The maximum absolute atomic E-state index is 12.3. The molecule has 0 spiro atoms. The molecule has 5 heteroatoms. The van der Waals surface area contributed by atoms with Gasteiger partial charge in [-0.25, -0.2) is 0 Å². The van der Waals surface area contributed by atoms with Gasteiger partial charge in [0.1, 0.15) is 11.8 Å². The van der Waals surface area contributed by atoms with Gasteiger partial charge in [-0.15, -0.1) is 0 Å². The summed E-state index contributed by atoms with van der Waals surface area (Å²) in [6.45, 7) is 1.88. The van der Waals surface area contributed by atoms with Crippen LogP contribution < -0.4 is 10.1 Å². The van der Waals surface area contributed by atoms with E-state index < -0.39 is 12.0 Å². The van der Waals surface area contributed by atoms with Crippen LogP contribution >= 0.6 is 0 Å². The first kappa shape index (κ1) is 17.7. The predicted molar refractivity (Wildman–Crippen MR) is 91.4 cm³/mol. The Bertz CT molecular complexity index is 682. The second-order valence-corrected chi connectivity index (χ2v) is 5.55. The second-order valence-electron chi connectivity index (χ2n) is 5.55. The molecule has 0 saturated carbocycles. The Morgan fingerprint density at radius 3 is 2.25 bits per heavy atom. The van der Waals surface area contributed by atoms with Crippen molar-refractivity contribution in [2.45, 2.75) is 25.4 Å². The van der Waals surface area contributed by atoms with E-state index in [4.69, 9.17) is 4.74 Å². The fraction of sp³-hybridized carbons (Fsp3) is 0.263. The lowest BCUT2D eigenvalue weighted by molar-refractivity contribution is -0.139. The molecule has 24 heavy (non-hydrogen) atoms. The lowest BCUT2D eigenvalue weighted by Gasteiger charge is -2.20. The molecule has 2 N–H and O–H groups in total. The van der Waals surface area contributed by atoms with E-state index in [0.717, 1.165) is 5.56 Å². The lowest BCUT2D eigenvalue weighted by atomic mass is 10.0. The third-order valence-electron chi connectivity index (χ3n) is 3.85. The molecule has 0 aliphatic carbocycles. The van der Waals surface area contributed by atoms with Gasteiger partial charge in [-0.2, -0.15) is 0 Å². The first-order valence-electron chi connectivity index (χ1n) is 7.72. The predicted octanol–water partition coefficient (Wildman–Crippen LogP) is 3.07. The zero-order valence-corrected chi connectivity index (χ0v) is 13.7. The summed E-state index contributed by atoms with van der Waals surface area (Å²) in [4.78, 5) is 23.8. The zero-order valence-electron chi connectivity index (χ0n) is 13.7. The standard InChI is InChI=1S/C19H21NO4/c1-13(14-6-4-3-5-7-14)20-17(19(22)23)12-18(21)15-8-10-16(24-2)11-9-15/h3-11,13,17,20H,12H2,1-2H3,(H,22,23)/t13-,17?/m1/s1. The molecule has 0 fully saturated rings. The van der Waals surface area contributed by atoms with E-state index in [1.54, 1.807) is 31.4 Å². The monoisotopic (exact) mass is 327 g/mol. The summed E-state index contributed by atoms with van der Waals surface area (Å²) >= 11 is 0. The molecule has 1 unspecified atom stereocenters. The van der Waals surface area contributed by atoms with Crippen LogP contribution in [0.5, 0.6) is 5.75 Å². The van der Waals surface area contributed by atoms with Crippen LogP contribution in [-0.2, 0) is 4.79 Å². The molecule has 0 aliphatic rings. The first-order valence-corrected chi connectivity index (χ1v) is 7.72. The van der Waals surface area contributed by atoms with Crippen molar-refractivity contribution in [3.8, 4) is 5.75 Å². The summed E-state index contributed by atoms with van der Waals surface area (Å²) in [5.41, 5.74) is 1.44. The van der Waals surface area contributed by atoms with E-state index in [1.807, 2.05) is 37.3 Å². The number of ether oxygens (including phenoxy) is 1. The quantitative estimate of drug-likeness (QED) is 0.729. The summed E-state index contributed by atoms with van der Waals surface area (Å²) < 4.78 is 5.05. The van der Waals surface area contributed by atoms with Crippen LogP contribution in [0, 0.1) is 0 Å². The topological polar surface area (TPSA) is 75.6 Å². The first-order chi connectivity index (χ1) is 11.5. The maximum atomic E-state index is 12.3. The lowest BCUT2D eigenvalue weighted by Crippen LogP contribution is -2.40. The Hall–Kier alpha value is -2.66. The summed E-state index contributed by atoms with van der Waals surface area (Å²) in [6.07, 6.45) is -0.112. The Balaban J connectivity index is 2.04. The molecule has 0 radical (unpaired) electrons. The van der Waals surface area contributed by atoms with Gasteiger partial charge < -0.3 is 9.84 Å². The van der Waals surface area contributed by atoms with Gasteiger partial charge in [0.25, 0.3) is 0 Å². The van der Waals surface area contributed by atoms with Crippen LogP contribution in [0.25, 0.3) is 0 Å². The number of methoxy groups -OCH3 is 1. The van der Waals surface area contributed by atoms with Gasteiger partial charge in [0, 0.05) is 18.0 Å². The molecule has 2 aromatic rings. The SMILES string of the molecule is COc1ccc(C(=O)CC(N[C@H](C)c2ccccc2)C(=O)O)cc1. The van der Waals surface area contributed by atoms with Gasteiger partial charge in [-0.3, -0.25) is 14.9 Å². The minimum atomic E-state index is -1.04. The normalized spacial score (nSPS) is 13.1. The van der Waals surface area contributed by atoms with Crippen molar-refractivity contribution < 1.29 is 19.4 Å². The number of aliphatic carboxylic acids is 1. The number of benzene rings is 2. The third-order valence-corrected chi connectivity index (χ3v) is 3.85. The van der Waals surface area contributed by atoms with E-state index >= 15 is 0 Å². The minimum Gasteiger partial charge on any atom is -0.497 e. The highest BCUT2D eigenvalue weighted by Gasteiger charge is 2.24. The van der Waals surface area contributed by atoms with E-state index in [0.29, 0.717) is 11.3 Å². The third kappa shape index (κ3) is 4.67. The van der Waals surface area contributed by atoms with Crippen LogP contribution in [0.2, 0.25) is 0 Å². The molecule has 0 saturated heterocycles. The number of rotatable bonds is 8. The number of nitrogens with one attached hydrogen (secondary N) is 1. The summed E-state index contributed by atoms with van der Waals surface area (Å²) in [5.74, 6) is -0.616. The highest BCUT2D eigenvalue weighted by molar-refractivity contribution is 5.98. The molecule has 0 amide bonds. The van der Waals surface area contributed by atoms with Gasteiger partial charge in [0.15, 0.2) is 5.78 Å². The van der Waals surface area contributed by atoms with Crippen molar-refractivity contribution in [2.75, 3.05) is 7.11 Å². The van der Waals surface area contributed by atoms with Gasteiger partial charge in [0.05, 0.1) is 7.11 Å². The number of ketones is 1. The number of hydrogen-bond donors (Lipinski definition) is 2. The van der Waals surface area contributed by atoms with Crippen LogP contribution in [0.3, 0.4) is 0 Å². The van der Waals surface area contributed by atoms with E-state index in [-0.39, 0.29) is 18.2 Å². The number of Topliss-reactive ketones (excluding diaryl/α,β-unsaturated/α-hetero) is 1. The number of carboxylic acid groups (broad SMARTS) is 1. The average molecular weight is 327 g/mol. The number of carbonyl (C=O) groups excluding carboxylic acids is 1. The maximum Gasteiger partial charge on any atom is 0.321 e. The van der Waals surface area contributed by atoms with Gasteiger partial charge >= 0.3 is 5.97 Å². The van der Waals surface area contributed by atoms with Crippen molar-refractivity contribution in [2.24, 2.45) is 0 Å². The summed E-state index contributed by atoms with van der Waals surface area (Å²) in [6, 6.07) is 15.1. The minimum absolute atomic E-state index is 0.112. The van der Waals surface area contributed by atoms with E-state index in [9.17, 15) is 14.7 Å². The molecule has 0 heterocycles. The average Bonchev–Trinajstić information content (AvgIpc) is 2.61. The zero-order chi connectivity index (χ0) is 17.5. The smallest absolute Gasteiger partial charge is 0.321 e.